The molecule has 0 bridgehead atoms. The number of anilines is 1. The van der Waals surface area contributed by atoms with Crippen LogP contribution in [0, 0.1) is 0 Å². The van der Waals surface area contributed by atoms with Gasteiger partial charge in [0.2, 0.25) is 5.91 Å². The van der Waals surface area contributed by atoms with Crippen LogP contribution in [0.25, 0.3) is 0 Å². The van der Waals surface area contributed by atoms with Gasteiger partial charge in [-0.2, -0.15) is 0 Å². The molecule has 2 heterocycles. The van der Waals surface area contributed by atoms with Gasteiger partial charge in [-0.3, -0.25) is 9.69 Å². The predicted molar refractivity (Wildman–Crippen MR) is 102 cm³/mol. The first-order chi connectivity index (χ1) is 12.2. The fraction of sp³-hybridized carbons (Fsp3) is 0.700. The van der Waals surface area contributed by atoms with E-state index in [1.165, 1.54) is 38.5 Å². The van der Waals surface area contributed by atoms with Gasteiger partial charge in [0.25, 0.3) is 0 Å². The highest BCUT2D eigenvalue weighted by atomic mass is 16.2. The minimum atomic E-state index is 0.0185. The molecule has 2 fully saturated rings. The minimum Gasteiger partial charge on any atom is -0.356 e. The number of pyridine rings is 1. The molecule has 138 valence electrons. The summed E-state index contributed by atoms with van der Waals surface area (Å²) in [5, 5.41) is 3.15. The zero-order chi connectivity index (χ0) is 17.6. The minimum absolute atomic E-state index is 0.0185. The lowest BCUT2D eigenvalue weighted by Gasteiger charge is -2.33. The third kappa shape index (κ3) is 4.51. The molecular formula is C20H32N4O. The Hall–Kier alpha value is -1.62. The van der Waals surface area contributed by atoms with Crippen LogP contribution in [0.15, 0.2) is 18.3 Å². The molecule has 1 aliphatic heterocycles. The highest BCUT2D eigenvalue weighted by molar-refractivity contribution is 5.81. The van der Waals surface area contributed by atoms with Crippen molar-refractivity contribution in [1.82, 2.24) is 15.2 Å². The van der Waals surface area contributed by atoms with Crippen LogP contribution < -0.4 is 10.2 Å². The van der Waals surface area contributed by atoms with Crippen molar-refractivity contribution in [3.05, 3.63) is 23.9 Å². The van der Waals surface area contributed by atoms with E-state index < -0.39 is 0 Å². The van der Waals surface area contributed by atoms with E-state index in [4.69, 9.17) is 0 Å². The van der Waals surface area contributed by atoms with Gasteiger partial charge in [-0.05, 0) is 45.3 Å². The summed E-state index contributed by atoms with van der Waals surface area (Å²) in [6.45, 7) is 1.57. The number of aromatic nitrogens is 1. The molecule has 5 nitrogen and oxygen atoms in total. The van der Waals surface area contributed by atoms with E-state index in [1.807, 2.05) is 12.3 Å². The van der Waals surface area contributed by atoms with Crippen molar-refractivity contribution in [2.24, 2.45) is 0 Å². The summed E-state index contributed by atoms with van der Waals surface area (Å²) in [7, 11) is 4.20. The maximum absolute atomic E-state index is 12.6. The highest BCUT2D eigenvalue weighted by Crippen LogP contribution is 2.27. The van der Waals surface area contributed by atoms with Gasteiger partial charge >= 0.3 is 0 Å². The van der Waals surface area contributed by atoms with Crippen molar-refractivity contribution in [3.63, 3.8) is 0 Å². The number of amides is 1. The Morgan fingerprint density at radius 1 is 1.24 bits per heavy atom. The number of nitrogens with zero attached hydrogens (tertiary/aromatic N) is 3. The van der Waals surface area contributed by atoms with Crippen molar-refractivity contribution in [2.45, 2.75) is 70.0 Å². The molecule has 0 unspecified atom stereocenters. The van der Waals surface area contributed by atoms with Gasteiger partial charge in [-0.25, -0.2) is 4.98 Å². The summed E-state index contributed by atoms with van der Waals surface area (Å²) in [5.74, 6) is 1.17. The molecule has 1 saturated heterocycles. The lowest BCUT2D eigenvalue weighted by Crippen LogP contribution is -2.47. The quantitative estimate of drug-likeness (QED) is 0.892. The summed E-state index contributed by atoms with van der Waals surface area (Å²) in [6.07, 6.45) is 11.6. The molecule has 2 aliphatic rings. The van der Waals surface area contributed by atoms with Crippen molar-refractivity contribution < 1.29 is 4.79 Å². The van der Waals surface area contributed by atoms with Gasteiger partial charge in [0, 0.05) is 31.4 Å². The highest BCUT2D eigenvalue weighted by Gasteiger charge is 2.26. The largest absolute Gasteiger partial charge is 0.356 e. The lowest BCUT2D eigenvalue weighted by atomic mass is 9.94. The van der Waals surface area contributed by atoms with Gasteiger partial charge in [0.15, 0.2) is 0 Å². The molecule has 1 aliphatic carbocycles. The summed E-state index contributed by atoms with van der Waals surface area (Å²) < 4.78 is 0. The molecule has 0 radical (unpaired) electrons. The number of hydrogen-bond donors (Lipinski definition) is 1. The number of hydrogen-bond acceptors (Lipinski definition) is 4. The molecule has 25 heavy (non-hydrogen) atoms. The van der Waals surface area contributed by atoms with Crippen molar-refractivity contribution in [3.8, 4) is 0 Å². The Balaban J connectivity index is 1.63. The topological polar surface area (TPSA) is 48.5 Å². The average Bonchev–Trinajstić information content (AvgIpc) is 2.67. The van der Waals surface area contributed by atoms with Crippen LogP contribution in [0.2, 0.25) is 0 Å². The van der Waals surface area contributed by atoms with Crippen LogP contribution in [0.3, 0.4) is 0 Å². The standard InChI is InChI=1S/C20H32N4O/c1-23-14-7-6-12-18(23)20(25)22-15-16-9-8-13-21-19(16)24(2)17-10-4-3-5-11-17/h8-9,13,17-18H,3-7,10-12,14-15H2,1-2H3,(H,22,25)/t18-/m0/s1. The fourth-order valence-electron chi connectivity index (χ4n) is 4.23. The molecule has 1 saturated carbocycles. The first-order valence-corrected chi connectivity index (χ1v) is 9.81. The zero-order valence-electron chi connectivity index (χ0n) is 15.7. The van der Waals surface area contributed by atoms with Crippen molar-refractivity contribution in [1.29, 1.82) is 0 Å². The van der Waals surface area contributed by atoms with Gasteiger partial charge in [0.1, 0.15) is 5.82 Å². The van der Waals surface area contributed by atoms with Gasteiger partial charge in [-0.1, -0.05) is 31.7 Å². The van der Waals surface area contributed by atoms with Crippen molar-refractivity contribution in [2.75, 3.05) is 25.5 Å². The predicted octanol–water partition coefficient (Wildman–Crippen LogP) is 2.95. The molecule has 0 spiro atoms. The molecule has 1 amide bonds. The Kier molecular flexibility index (Phi) is 6.29. The first-order valence-electron chi connectivity index (χ1n) is 9.81. The van der Waals surface area contributed by atoms with Gasteiger partial charge < -0.3 is 10.2 Å². The van der Waals surface area contributed by atoms with Crippen LogP contribution in [-0.4, -0.2) is 48.5 Å². The van der Waals surface area contributed by atoms with Gasteiger partial charge in [-0.15, -0.1) is 0 Å². The summed E-state index contributed by atoms with van der Waals surface area (Å²) in [6, 6.07) is 4.64. The average molecular weight is 345 g/mol. The first kappa shape index (κ1) is 18.2. The Bertz CT molecular complexity index is 571. The maximum atomic E-state index is 12.6. The van der Waals surface area contributed by atoms with Crippen LogP contribution >= 0.6 is 0 Å². The summed E-state index contributed by atoms with van der Waals surface area (Å²) >= 11 is 0. The molecule has 1 aromatic rings. The van der Waals surface area contributed by atoms with E-state index in [2.05, 4.69) is 40.3 Å². The number of piperidine rings is 1. The van der Waals surface area contributed by atoms with Crippen molar-refractivity contribution >= 4 is 11.7 Å². The van der Waals surface area contributed by atoms with Gasteiger partial charge in [0.05, 0.1) is 6.04 Å². The van der Waals surface area contributed by atoms with Crippen LogP contribution in [0.4, 0.5) is 5.82 Å². The zero-order valence-corrected chi connectivity index (χ0v) is 15.7. The van der Waals surface area contributed by atoms with E-state index in [9.17, 15) is 4.79 Å². The molecular weight excluding hydrogens is 312 g/mol. The molecule has 3 rings (SSSR count). The third-order valence-electron chi connectivity index (χ3n) is 5.85. The Morgan fingerprint density at radius 3 is 2.76 bits per heavy atom. The maximum Gasteiger partial charge on any atom is 0.237 e. The number of carbonyl (C=O) groups is 1. The lowest BCUT2D eigenvalue weighted by molar-refractivity contribution is -0.127. The number of nitrogens with one attached hydrogen (secondary N) is 1. The second kappa shape index (κ2) is 8.65. The normalized spacial score (nSPS) is 22.6. The van der Waals surface area contributed by atoms with E-state index in [1.54, 1.807) is 0 Å². The Labute approximate surface area is 151 Å². The van der Waals surface area contributed by atoms with E-state index >= 15 is 0 Å². The smallest absolute Gasteiger partial charge is 0.237 e. The molecule has 1 atom stereocenters. The fourth-order valence-corrected chi connectivity index (χ4v) is 4.23. The second-order valence-electron chi connectivity index (χ2n) is 7.60. The second-order valence-corrected chi connectivity index (χ2v) is 7.60. The third-order valence-corrected chi connectivity index (χ3v) is 5.85. The van der Waals surface area contributed by atoms with E-state index in [0.29, 0.717) is 12.6 Å². The summed E-state index contributed by atoms with van der Waals surface area (Å²) in [4.78, 5) is 21.7. The molecule has 5 heteroatoms. The number of likely N-dealkylation sites (N-methyl/N-ethyl adjacent to an activating group) is 1. The monoisotopic (exact) mass is 344 g/mol. The SMILES string of the molecule is CN(c1ncccc1CNC(=O)[C@@H]1CCCCN1C)C1CCCCC1. The molecule has 0 aromatic carbocycles. The number of carbonyl (C=O) groups excluding carboxylic acids is 1. The molecule has 1 aromatic heterocycles. The van der Waals surface area contributed by atoms with E-state index in [-0.39, 0.29) is 11.9 Å². The van der Waals surface area contributed by atoms with Crippen LogP contribution in [-0.2, 0) is 11.3 Å². The number of rotatable bonds is 5. The van der Waals surface area contributed by atoms with Crippen LogP contribution in [0.1, 0.15) is 56.9 Å². The summed E-state index contributed by atoms with van der Waals surface area (Å²) in [5.41, 5.74) is 1.11. The Morgan fingerprint density at radius 2 is 2.00 bits per heavy atom. The number of likely N-dealkylation sites (tertiary alicyclic amines) is 1. The molecule has 1 N–H and O–H groups in total. The van der Waals surface area contributed by atoms with Crippen LogP contribution in [0.5, 0.6) is 0 Å². The van der Waals surface area contributed by atoms with E-state index in [0.717, 1.165) is 30.8 Å².